The Balaban J connectivity index is 2.10. The SMILES string of the molecule is Cc1ccc(CN(Cc2ccc(F)cc2)C[C@H](O)COC(C)C)c(C)c1. The average molecular weight is 359 g/mol. The molecule has 0 heterocycles. The molecule has 0 aliphatic carbocycles. The van der Waals surface area contributed by atoms with E-state index in [2.05, 4.69) is 36.9 Å². The number of aliphatic hydroxyl groups is 1. The summed E-state index contributed by atoms with van der Waals surface area (Å²) >= 11 is 0. The number of aryl methyl sites for hydroxylation is 2. The highest BCUT2D eigenvalue weighted by Crippen LogP contribution is 2.16. The van der Waals surface area contributed by atoms with E-state index in [9.17, 15) is 9.50 Å². The quantitative estimate of drug-likeness (QED) is 0.727. The van der Waals surface area contributed by atoms with Crippen LogP contribution in [0.1, 0.15) is 36.1 Å². The lowest BCUT2D eigenvalue weighted by atomic mass is 10.0. The summed E-state index contributed by atoms with van der Waals surface area (Å²) in [6, 6.07) is 13.0. The molecule has 1 atom stereocenters. The average Bonchev–Trinajstić information content (AvgIpc) is 2.57. The molecule has 0 spiro atoms. The molecule has 142 valence electrons. The third-order valence-electron chi connectivity index (χ3n) is 4.30. The zero-order valence-electron chi connectivity index (χ0n) is 16.2. The molecule has 0 saturated carbocycles. The van der Waals surface area contributed by atoms with E-state index >= 15 is 0 Å². The Morgan fingerprint density at radius 1 is 1.04 bits per heavy atom. The van der Waals surface area contributed by atoms with Crippen LogP contribution in [0.15, 0.2) is 42.5 Å². The van der Waals surface area contributed by atoms with E-state index in [1.54, 1.807) is 12.1 Å². The fourth-order valence-corrected chi connectivity index (χ4v) is 2.95. The van der Waals surface area contributed by atoms with Gasteiger partial charge in [-0.2, -0.15) is 0 Å². The topological polar surface area (TPSA) is 32.7 Å². The summed E-state index contributed by atoms with van der Waals surface area (Å²) in [6.07, 6.45) is -0.474. The van der Waals surface area contributed by atoms with Gasteiger partial charge in [0.15, 0.2) is 0 Å². The maximum Gasteiger partial charge on any atom is 0.123 e. The van der Waals surface area contributed by atoms with Crippen LogP contribution in [-0.2, 0) is 17.8 Å². The highest BCUT2D eigenvalue weighted by molar-refractivity contribution is 5.30. The Hall–Kier alpha value is -1.75. The molecular weight excluding hydrogens is 329 g/mol. The van der Waals surface area contributed by atoms with E-state index in [1.165, 1.54) is 28.8 Å². The number of ether oxygens (including phenoxy) is 1. The second-order valence-corrected chi connectivity index (χ2v) is 7.26. The van der Waals surface area contributed by atoms with Gasteiger partial charge in [-0.3, -0.25) is 4.90 Å². The van der Waals surface area contributed by atoms with Crippen LogP contribution in [-0.4, -0.2) is 35.4 Å². The minimum Gasteiger partial charge on any atom is -0.389 e. The van der Waals surface area contributed by atoms with Crippen LogP contribution in [0.3, 0.4) is 0 Å². The van der Waals surface area contributed by atoms with Gasteiger partial charge in [-0.25, -0.2) is 4.39 Å². The van der Waals surface area contributed by atoms with Gasteiger partial charge in [0.25, 0.3) is 0 Å². The van der Waals surface area contributed by atoms with Crippen molar-refractivity contribution in [1.29, 1.82) is 0 Å². The van der Waals surface area contributed by atoms with Crippen LogP contribution < -0.4 is 0 Å². The lowest BCUT2D eigenvalue weighted by Gasteiger charge is -2.26. The van der Waals surface area contributed by atoms with E-state index < -0.39 is 6.10 Å². The Morgan fingerprint density at radius 3 is 2.35 bits per heavy atom. The number of hydrogen-bond donors (Lipinski definition) is 1. The first kappa shape index (κ1) is 20.6. The molecule has 4 heteroatoms. The molecule has 0 fully saturated rings. The van der Waals surface area contributed by atoms with Gasteiger partial charge in [-0.1, -0.05) is 35.9 Å². The van der Waals surface area contributed by atoms with E-state index in [-0.39, 0.29) is 11.9 Å². The summed E-state index contributed by atoms with van der Waals surface area (Å²) in [5, 5.41) is 10.4. The summed E-state index contributed by atoms with van der Waals surface area (Å²) in [5.41, 5.74) is 4.73. The molecule has 3 nitrogen and oxygen atoms in total. The summed E-state index contributed by atoms with van der Waals surface area (Å²) in [6.45, 7) is 10.3. The third-order valence-corrected chi connectivity index (χ3v) is 4.30. The van der Waals surface area contributed by atoms with Crippen LogP contribution >= 0.6 is 0 Å². The van der Waals surface area contributed by atoms with Crippen molar-refractivity contribution in [3.63, 3.8) is 0 Å². The van der Waals surface area contributed by atoms with Gasteiger partial charge in [-0.15, -0.1) is 0 Å². The second-order valence-electron chi connectivity index (χ2n) is 7.26. The zero-order chi connectivity index (χ0) is 19.1. The molecule has 0 aliphatic heterocycles. The fourth-order valence-electron chi connectivity index (χ4n) is 2.95. The third kappa shape index (κ3) is 6.87. The number of aliphatic hydroxyl groups excluding tert-OH is 1. The summed E-state index contributed by atoms with van der Waals surface area (Å²) in [7, 11) is 0. The second kappa shape index (κ2) is 9.81. The number of rotatable bonds is 9. The van der Waals surface area contributed by atoms with Crippen molar-refractivity contribution < 1.29 is 14.2 Å². The fraction of sp³-hybridized carbons (Fsp3) is 0.455. The van der Waals surface area contributed by atoms with E-state index in [1.807, 2.05) is 13.8 Å². The van der Waals surface area contributed by atoms with Crippen LogP contribution in [0.4, 0.5) is 4.39 Å². The van der Waals surface area contributed by atoms with E-state index in [4.69, 9.17) is 4.74 Å². The minimum atomic E-state index is -0.566. The number of nitrogens with zero attached hydrogens (tertiary/aromatic N) is 1. The van der Waals surface area contributed by atoms with Crippen molar-refractivity contribution in [3.05, 3.63) is 70.5 Å². The van der Waals surface area contributed by atoms with Crippen LogP contribution in [0.25, 0.3) is 0 Å². The molecule has 26 heavy (non-hydrogen) atoms. The number of halogens is 1. The number of benzene rings is 2. The van der Waals surface area contributed by atoms with Crippen LogP contribution in [0.5, 0.6) is 0 Å². The molecule has 0 aromatic heterocycles. The number of hydrogen-bond acceptors (Lipinski definition) is 3. The molecule has 0 radical (unpaired) electrons. The molecule has 0 unspecified atom stereocenters. The van der Waals surface area contributed by atoms with Crippen molar-refractivity contribution in [2.75, 3.05) is 13.2 Å². The summed E-state index contributed by atoms with van der Waals surface area (Å²) < 4.78 is 18.7. The predicted molar refractivity (Wildman–Crippen MR) is 104 cm³/mol. The first-order valence-corrected chi connectivity index (χ1v) is 9.16. The molecule has 2 aromatic carbocycles. The predicted octanol–water partition coefficient (Wildman–Crippen LogP) is 4.23. The van der Waals surface area contributed by atoms with Crippen LogP contribution in [0, 0.1) is 19.7 Å². The Labute approximate surface area is 156 Å². The summed E-state index contributed by atoms with van der Waals surface area (Å²) in [5.74, 6) is -0.236. The smallest absolute Gasteiger partial charge is 0.123 e. The molecule has 0 bridgehead atoms. The van der Waals surface area contributed by atoms with Crippen molar-refractivity contribution >= 4 is 0 Å². The van der Waals surface area contributed by atoms with Gasteiger partial charge in [0.05, 0.1) is 18.8 Å². The van der Waals surface area contributed by atoms with Crippen molar-refractivity contribution in [3.8, 4) is 0 Å². The molecular formula is C22H30FNO2. The zero-order valence-corrected chi connectivity index (χ0v) is 16.2. The van der Waals surface area contributed by atoms with Gasteiger partial charge < -0.3 is 9.84 Å². The molecule has 1 N–H and O–H groups in total. The maximum absolute atomic E-state index is 13.2. The molecule has 0 saturated heterocycles. The van der Waals surface area contributed by atoms with E-state index in [0.717, 1.165) is 12.1 Å². The van der Waals surface area contributed by atoms with Gasteiger partial charge in [0.1, 0.15) is 5.82 Å². The molecule has 0 aliphatic rings. The highest BCUT2D eigenvalue weighted by atomic mass is 19.1. The molecule has 2 rings (SSSR count). The van der Waals surface area contributed by atoms with Crippen molar-refractivity contribution in [2.24, 2.45) is 0 Å². The molecule has 2 aromatic rings. The minimum absolute atomic E-state index is 0.0922. The summed E-state index contributed by atoms with van der Waals surface area (Å²) in [4.78, 5) is 2.18. The Bertz CT molecular complexity index is 685. The maximum atomic E-state index is 13.2. The Kier molecular flexibility index (Phi) is 7.76. The van der Waals surface area contributed by atoms with Crippen molar-refractivity contribution in [1.82, 2.24) is 4.90 Å². The van der Waals surface area contributed by atoms with Gasteiger partial charge >= 0.3 is 0 Å². The van der Waals surface area contributed by atoms with Crippen molar-refractivity contribution in [2.45, 2.75) is 53.0 Å². The monoisotopic (exact) mass is 359 g/mol. The standard InChI is InChI=1S/C22H30FNO2/c1-16(2)26-15-22(25)14-24(12-19-6-9-21(23)10-7-19)13-20-8-5-17(3)11-18(20)4/h5-11,16,22,25H,12-15H2,1-4H3/t22-/m0/s1. The van der Waals surface area contributed by atoms with Gasteiger partial charge in [-0.05, 0) is 56.5 Å². The lowest BCUT2D eigenvalue weighted by molar-refractivity contribution is -0.0106. The van der Waals surface area contributed by atoms with E-state index in [0.29, 0.717) is 19.7 Å². The van der Waals surface area contributed by atoms with Gasteiger partial charge in [0, 0.05) is 19.6 Å². The Morgan fingerprint density at radius 2 is 1.73 bits per heavy atom. The largest absolute Gasteiger partial charge is 0.389 e. The molecule has 0 amide bonds. The lowest BCUT2D eigenvalue weighted by Crippen LogP contribution is -2.35. The first-order chi connectivity index (χ1) is 12.3. The van der Waals surface area contributed by atoms with Crippen LogP contribution in [0.2, 0.25) is 0 Å². The highest BCUT2D eigenvalue weighted by Gasteiger charge is 2.15. The normalized spacial score (nSPS) is 12.8. The van der Waals surface area contributed by atoms with Gasteiger partial charge in [0.2, 0.25) is 0 Å². The first-order valence-electron chi connectivity index (χ1n) is 9.16.